The van der Waals surface area contributed by atoms with Crippen molar-refractivity contribution in [3.05, 3.63) is 164 Å². The van der Waals surface area contributed by atoms with E-state index in [9.17, 15) is 0 Å². The van der Waals surface area contributed by atoms with Crippen molar-refractivity contribution in [1.29, 1.82) is 0 Å². The lowest BCUT2D eigenvalue weighted by Crippen LogP contribution is -2.01. The van der Waals surface area contributed by atoms with Gasteiger partial charge >= 0.3 is 0 Å². The zero-order valence-corrected chi connectivity index (χ0v) is 29.0. The summed E-state index contributed by atoms with van der Waals surface area (Å²) >= 11 is 1.78. The lowest BCUT2D eigenvalue weighted by molar-refractivity contribution is 0.620. The number of thiophene rings is 1. The molecule has 7 aromatic carbocycles. The van der Waals surface area contributed by atoms with E-state index in [1.165, 1.54) is 30.9 Å². The van der Waals surface area contributed by atoms with E-state index < -0.39 is 0 Å². The predicted octanol–water partition coefficient (Wildman–Crippen LogP) is 12.1. The Balaban J connectivity index is 1.12. The third kappa shape index (κ3) is 4.86. The Kier molecular flexibility index (Phi) is 6.62. The van der Waals surface area contributed by atoms with Crippen molar-refractivity contribution in [2.24, 2.45) is 0 Å². The van der Waals surface area contributed by atoms with Gasteiger partial charge in [0.25, 0.3) is 0 Å². The normalized spacial score (nSPS) is 11.8. The summed E-state index contributed by atoms with van der Waals surface area (Å²) in [7, 11) is 0. The molecule has 0 fully saturated rings. The quantitative estimate of drug-likeness (QED) is 0.179. The van der Waals surface area contributed by atoms with E-state index in [1.807, 2.05) is 48.5 Å². The molecule has 7 heteroatoms. The molecule has 0 bridgehead atoms. The first-order chi connectivity index (χ1) is 26.2. The van der Waals surface area contributed by atoms with Gasteiger partial charge in [-0.05, 0) is 60.7 Å². The lowest BCUT2D eigenvalue weighted by Gasteiger charge is -2.11. The Morgan fingerprint density at radius 2 is 1.06 bits per heavy atom. The van der Waals surface area contributed by atoms with Gasteiger partial charge < -0.3 is 8.98 Å². The molecule has 11 aromatic rings. The summed E-state index contributed by atoms with van der Waals surface area (Å²) in [6, 6.07) is 56.4. The van der Waals surface area contributed by atoms with Gasteiger partial charge in [0.1, 0.15) is 5.52 Å². The van der Waals surface area contributed by atoms with Gasteiger partial charge in [0, 0.05) is 53.3 Å². The van der Waals surface area contributed by atoms with E-state index in [2.05, 4.69) is 120 Å². The third-order valence-corrected chi connectivity index (χ3v) is 11.0. The molecular formula is C46H27N5OS. The van der Waals surface area contributed by atoms with Crippen LogP contribution in [0.3, 0.4) is 0 Å². The van der Waals surface area contributed by atoms with Crippen LogP contribution in [-0.2, 0) is 0 Å². The van der Waals surface area contributed by atoms with Gasteiger partial charge in [-0.2, -0.15) is 0 Å². The zero-order chi connectivity index (χ0) is 34.9. The van der Waals surface area contributed by atoms with Crippen molar-refractivity contribution in [3.8, 4) is 51.3 Å². The predicted molar refractivity (Wildman–Crippen MR) is 216 cm³/mol. The van der Waals surface area contributed by atoms with Crippen LogP contribution in [0.4, 0.5) is 0 Å². The fourth-order valence-electron chi connectivity index (χ4n) is 7.43. The molecule has 0 saturated carbocycles. The topological polar surface area (TPSA) is 69.6 Å². The summed E-state index contributed by atoms with van der Waals surface area (Å²) in [4.78, 5) is 20.3. The fraction of sp³-hybridized carbons (Fsp3) is 0. The molecule has 0 unspecified atom stereocenters. The summed E-state index contributed by atoms with van der Waals surface area (Å²) in [5.41, 5.74) is 8.15. The second-order valence-electron chi connectivity index (χ2n) is 13.1. The van der Waals surface area contributed by atoms with E-state index in [0.29, 0.717) is 28.9 Å². The standard InChI is InChI=1S/C46H27N5OS/c1-2-12-28(13-3-1)46-47-37-20-11-19-36(42(37)52-46)45-49-43(48-44(50-45)30-24-25-35-34-18-6-9-23-40(34)53-41(35)27-30)29-14-10-15-31(26-29)51-38-21-7-4-16-32(38)33-17-5-8-22-39(33)51/h1-27H. The van der Waals surface area contributed by atoms with Gasteiger partial charge in [-0.15, -0.1) is 11.3 Å². The highest BCUT2D eigenvalue weighted by molar-refractivity contribution is 7.25. The largest absolute Gasteiger partial charge is 0.435 e. The number of nitrogens with zero attached hydrogens (tertiary/aromatic N) is 5. The molecule has 0 amide bonds. The molecule has 11 rings (SSSR count). The van der Waals surface area contributed by atoms with Crippen LogP contribution in [-0.4, -0.2) is 24.5 Å². The molecule has 0 spiro atoms. The van der Waals surface area contributed by atoms with Crippen LogP contribution in [0.1, 0.15) is 0 Å². The first-order valence-corrected chi connectivity index (χ1v) is 18.3. The maximum atomic E-state index is 6.46. The van der Waals surface area contributed by atoms with Crippen LogP contribution in [0.5, 0.6) is 0 Å². The van der Waals surface area contributed by atoms with Crippen LogP contribution < -0.4 is 0 Å². The molecule has 0 radical (unpaired) electrons. The third-order valence-electron chi connectivity index (χ3n) is 9.89. The number of hydrogen-bond acceptors (Lipinski definition) is 6. The van der Waals surface area contributed by atoms with Crippen molar-refractivity contribution in [2.45, 2.75) is 0 Å². The average molecular weight is 698 g/mol. The Morgan fingerprint density at radius 1 is 0.434 bits per heavy atom. The molecule has 0 N–H and O–H groups in total. The van der Waals surface area contributed by atoms with E-state index in [0.717, 1.165) is 44.5 Å². The van der Waals surface area contributed by atoms with Gasteiger partial charge in [-0.3, -0.25) is 0 Å². The van der Waals surface area contributed by atoms with Gasteiger partial charge in [0.15, 0.2) is 23.1 Å². The lowest BCUT2D eigenvalue weighted by atomic mass is 10.1. The van der Waals surface area contributed by atoms with Crippen LogP contribution in [0.2, 0.25) is 0 Å². The zero-order valence-electron chi connectivity index (χ0n) is 28.1. The molecule has 4 heterocycles. The monoisotopic (exact) mass is 697 g/mol. The molecule has 0 aliphatic carbocycles. The Labute approximate surface area is 307 Å². The van der Waals surface area contributed by atoms with E-state index >= 15 is 0 Å². The van der Waals surface area contributed by atoms with Crippen molar-refractivity contribution < 1.29 is 4.42 Å². The average Bonchev–Trinajstić information content (AvgIpc) is 3.93. The van der Waals surface area contributed by atoms with Gasteiger partial charge in [0.2, 0.25) is 5.89 Å². The minimum atomic E-state index is 0.519. The van der Waals surface area contributed by atoms with Crippen LogP contribution in [0.25, 0.3) is 104 Å². The fourth-order valence-corrected chi connectivity index (χ4v) is 8.58. The SMILES string of the molecule is c1ccc(-c2nc3cccc(-c4nc(-c5cccc(-n6c7ccccc7c7ccccc76)c5)nc(-c5ccc6c(c5)sc5ccccc56)n4)c3o2)cc1. The summed E-state index contributed by atoms with van der Waals surface area (Å²) in [5.74, 6) is 2.23. The number of fused-ring (bicyclic) bond motifs is 7. The van der Waals surface area contributed by atoms with Gasteiger partial charge in [-0.1, -0.05) is 103 Å². The minimum absolute atomic E-state index is 0.519. The molecule has 0 atom stereocenters. The first-order valence-electron chi connectivity index (χ1n) is 17.5. The number of hydrogen-bond donors (Lipinski definition) is 0. The van der Waals surface area contributed by atoms with Crippen molar-refractivity contribution in [3.63, 3.8) is 0 Å². The molecule has 6 nitrogen and oxygen atoms in total. The molecule has 4 aromatic heterocycles. The van der Waals surface area contributed by atoms with Crippen LogP contribution >= 0.6 is 11.3 Å². The molecule has 248 valence electrons. The summed E-state index contributed by atoms with van der Waals surface area (Å²) < 4.78 is 11.2. The maximum absolute atomic E-state index is 6.46. The minimum Gasteiger partial charge on any atom is -0.435 e. The molecular weight excluding hydrogens is 671 g/mol. The highest BCUT2D eigenvalue weighted by atomic mass is 32.1. The summed E-state index contributed by atoms with van der Waals surface area (Å²) in [6.45, 7) is 0. The number of oxazole rings is 1. The number of para-hydroxylation sites is 3. The Bertz CT molecular complexity index is 3140. The second-order valence-corrected chi connectivity index (χ2v) is 14.2. The highest BCUT2D eigenvalue weighted by Gasteiger charge is 2.20. The van der Waals surface area contributed by atoms with Gasteiger partial charge in [-0.25, -0.2) is 19.9 Å². The number of rotatable bonds is 5. The molecule has 0 saturated heterocycles. The number of benzene rings is 7. The van der Waals surface area contributed by atoms with Crippen LogP contribution in [0.15, 0.2) is 168 Å². The van der Waals surface area contributed by atoms with Crippen LogP contribution in [0, 0.1) is 0 Å². The van der Waals surface area contributed by atoms with E-state index in [1.54, 1.807) is 11.3 Å². The van der Waals surface area contributed by atoms with E-state index in [-0.39, 0.29) is 0 Å². The number of aromatic nitrogens is 5. The summed E-state index contributed by atoms with van der Waals surface area (Å²) in [6.07, 6.45) is 0. The molecule has 0 aliphatic rings. The highest BCUT2D eigenvalue weighted by Crippen LogP contribution is 2.38. The smallest absolute Gasteiger partial charge is 0.227 e. The van der Waals surface area contributed by atoms with E-state index in [4.69, 9.17) is 24.4 Å². The second kappa shape index (κ2) is 11.8. The Morgan fingerprint density at radius 3 is 1.85 bits per heavy atom. The van der Waals surface area contributed by atoms with Gasteiger partial charge in [0.05, 0.1) is 16.6 Å². The van der Waals surface area contributed by atoms with Crippen molar-refractivity contribution >= 4 is 64.4 Å². The summed E-state index contributed by atoms with van der Waals surface area (Å²) in [5, 5.41) is 4.90. The Hall–Kier alpha value is -6.96. The van der Waals surface area contributed by atoms with Crippen molar-refractivity contribution in [1.82, 2.24) is 24.5 Å². The maximum Gasteiger partial charge on any atom is 0.227 e. The van der Waals surface area contributed by atoms with Crippen molar-refractivity contribution in [2.75, 3.05) is 0 Å². The molecule has 53 heavy (non-hydrogen) atoms. The molecule has 0 aliphatic heterocycles. The first kappa shape index (κ1) is 29.7.